The molecule has 0 aromatic heterocycles. The molecule has 0 aromatic carbocycles. The maximum atomic E-state index is 12.0. The first-order valence-electron chi connectivity index (χ1n) is 11.1. The Labute approximate surface area is 192 Å². The molecule has 0 radical (unpaired) electrons. The zero-order valence-electron chi connectivity index (χ0n) is 20.3. The Morgan fingerprint density at radius 1 is 0.938 bits per heavy atom. The number of carbonyl (C=O) groups excluding carboxylic acids is 2. The number of allylic oxidation sites excluding steroid dienone is 1. The highest BCUT2D eigenvalue weighted by Gasteiger charge is 2.21. The van der Waals surface area contributed by atoms with Gasteiger partial charge in [0.2, 0.25) is 11.8 Å². The molecule has 32 heavy (non-hydrogen) atoms. The Kier molecular flexibility index (Phi) is 14.8. The summed E-state index contributed by atoms with van der Waals surface area (Å²) >= 11 is 0. The van der Waals surface area contributed by atoms with Crippen LogP contribution in [0, 0.1) is 5.92 Å². The fraction of sp³-hybridized carbons (Fsp3) is 0.727. The van der Waals surface area contributed by atoms with Crippen molar-refractivity contribution in [2.24, 2.45) is 16.2 Å². The summed E-state index contributed by atoms with van der Waals surface area (Å²) in [5.74, 6) is 0.204. The van der Waals surface area contributed by atoms with Gasteiger partial charge in [-0.15, -0.1) is 0 Å². The second kappa shape index (κ2) is 16.1. The van der Waals surface area contributed by atoms with Crippen LogP contribution in [-0.2, 0) is 9.59 Å². The lowest BCUT2D eigenvalue weighted by Gasteiger charge is -2.27. The first-order chi connectivity index (χ1) is 15.1. The third-order valence-electron chi connectivity index (χ3n) is 5.61. The Bertz CT molecular complexity index is 661. The van der Waals surface area contributed by atoms with Gasteiger partial charge in [0.25, 0.3) is 0 Å². The summed E-state index contributed by atoms with van der Waals surface area (Å²) in [7, 11) is 1.58. The van der Waals surface area contributed by atoms with Crippen LogP contribution in [0.2, 0.25) is 0 Å². The van der Waals surface area contributed by atoms with E-state index in [0.29, 0.717) is 55.4 Å². The number of rotatable bonds is 17. The molecule has 0 rings (SSSR count). The second-order valence-corrected chi connectivity index (χ2v) is 8.44. The monoisotopic (exact) mass is 454 g/mol. The largest absolute Gasteiger partial charge is 0.411 e. The third kappa shape index (κ3) is 12.9. The summed E-state index contributed by atoms with van der Waals surface area (Å²) in [5.41, 5.74) is 1.20. The van der Waals surface area contributed by atoms with Crippen LogP contribution in [0.1, 0.15) is 66.2 Å². The van der Waals surface area contributed by atoms with E-state index >= 15 is 0 Å². The summed E-state index contributed by atoms with van der Waals surface area (Å²) < 4.78 is 0. The fourth-order valence-electron chi connectivity index (χ4n) is 2.93. The lowest BCUT2D eigenvalue weighted by molar-refractivity contribution is -0.122. The minimum absolute atomic E-state index is 0.0528. The Morgan fingerprint density at radius 2 is 1.50 bits per heavy atom. The van der Waals surface area contributed by atoms with Crippen molar-refractivity contribution in [3.63, 3.8) is 0 Å². The summed E-state index contributed by atoms with van der Waals surface area (Å²) in [6, 6.07) is 0. The quantitative estimate of drug-likeness (QED) is 0.112. The van der Waals surface area contributed by atoms with Crippen LogP contribution >= 0.6 is 0 Å². The molecule has 6 N–H and O–H groups in total. The molecular formula is C22H42N6O4. The highest BCUT2D eigenvalue weighted by molar-refractivity contribution is 5.96. The normalized spacial score (nSPS) is 13.4. The van der Waals surface area contributed by atoms with Crippen LogP contribution in [0.5, 0.6) is 0 Å². The molecule has 0 aliphatic carbocycles. The van der Waals surface area contributed by atoms with Gasteiger partial charge in [0.1, 0.15) is 0 Å². The molecular weight excluding hydrogens is 412 g/mol. The number of hydrogen-bond donors (Lipinski definition) is 6. The van der Waals surface area contributed by atoms with Gasteiger partial charge in [0.05, 0.1) is 22.7 Å². The highest BCUT2D eigenvalue weighted by Crippen LogP contribution is 2.14. The standard InChI is InChI=1S/C22H42N6O4/c1-16(17(2)27-31)24-13-10-19(12-15-26-22(4,5)18(3)28-32)11-14-25-21(30)9-7-8-20(29)23-6/h19,24,26,31-32H,1,7-15H2,2-6H3,(H,23,29)(H,25,30)/b27-17-,28-18-. The Hall–Kier alpha value is -2.62. The number of oxime groups is 2. The van der Waals surface area contributed by atoms with E-state index in [1.165, 1.54) is 0 Å². The Morgan fingerprint density at radius 3 is 2.06 bits per heavy atom. The van der Waals surface area contributed by atoms with Gasteiger partial charge < -0.3 is 31.7 Å². The number of carbonyl (C=O) groups is 2. The minimum Gasteiger partial charge on any atom is -0.411 e. The molecule has 0 heterocycles. The molecule has 0 bridgehead atoms. The van der Waals surface area contributed by atoms with E-state index in [4.69, 9.17) is 10.4 Å². The van der Waals surface area contributed by atoms with Crippen molar-refractivity contribution < 1.29 is 20.0 Å². The lowest BCUT2D eigenvalue weighted by Crippen LogP contribution is -2.46. The van der Waals surface area contributed by atoms with Gasteiger partial charge in [-0.05, 0) is 65.8 Å². The molecule has 2 amide bonds. The molecule has 1 unspecified atom stereocenters. The van der Waals surface area contributed by atoms with Crippen molar-refractivity contribution >= 4 is 23.2 Å². The first kappa shape index (κ1) is 29.4. The van der Waals surface area contributed by atoms with Gasteiger partial charge in [-0.1, -0.05) is 16.9 Å². The predicted molar refractivity (Wildman–Crippen MR) is 127 cm³/mol. The van der Waals surface area contributed by atoms with Crippen LogP contribution in [-0.4, -0.2) is 65.9 Å². The topological polar surface area (TPSA) is 147 Å². The zero-order valence-corrected chi connectivity index (χ0v) is 20.3. The molecule has 10 nitrogen and oxygen atoms in total. The lowest BCUT2D eigenvalue weighted by atomic mass is 9.95. The molecule has 1 atom stereocenters. The molecule has 0 spiro atoms. The summed E-state index contributed by atoms with van der Waals surface area (Å²) in [4.78, 5) is 23.2. The van der Waals surface area contributed by atoms with Crippen molar-refractivity contribution in [1.29, 1.82) is 0 Å². The maximum absolute atomic E-state index is 12.0. The van der Waals surface area contributed by atoms with Gasteiger partial charge in [0.15, 0.2) is 0 Å². The van der Waals surface area contributed by atoms with Gasteiger partial charge in [-0.3, -0.25) is 9.59 Å². The van der Waals surface area contributed by atoms with E-state index in [9.17, 15) is 9.59 Å². The summed E-state index contributed by atoms with van der Waals surface area (Å²) in [5, 5.41) is 36.3. The van der Waals surface area contributed by atoms with Crippen LogP contribution in [0.25, 0.3) is 0 Å². The van der Waals surface area contributed by atoms with Crippen molar-refractivity contribution in [2.75, 3.05) is 26.7 Å². The fourth-order valence-corrected chi connectivity index (χ4v) is 2.93. The number of amides is 2. The second-order valence-electron chi connectivity index (χ2n) is 8.44. The molecule has 0 aliphatic rings. The molecule has 0 saturated heterocycles. The summed E-state index contributed by atoms with van der Waals surface area (Å²) in [6.07, 6.45) is 3.72. The van der Waals surface area contributed by atoms with Gasteiger partial charge in [-0.2, -0.15) is 0 Å². The zero-order chi connectivity index (χ0) is 24.6. The van der Waals surface area contributed by atoms with Crippen LogP contribution in [0.4, 0.5) is 0 Å². The Balaban J connectivity index is 4.59. The van der Waals surface area contributed by atoms with Crippen molar-refractivity contribution in [2.45, 2.75) is 71.8 Å². The number of nitrogens with zero attached hydrogens (tertiary/aromatic N) is 2. The van der Waals surface area contributed by atoms with E-state index in [0.717, 1.165) is 25.8 Å². The average Bonchev–Trinajstić information content (AvgIpc) is 2.76. The first-order valence-corrected chi connectivity index (χ1v) is 11.1. The number of hydrogen-bond acceptors (Lipinski definition) is 8. The van der Waals surface area contributed by atoms with Gasteiger partial charge >= 0.3 is 0 Å². The van der Waals surface area contributed by atoms with E-state index in [1.54, 1.807) is 20.9 Å². The van der Waals surface area contributed by atoms with Crippen molar-refractivity contribution in [3.05, 3.63) is 12.3 Å². The van der Waals surface area contributed by atoms with Crippen LogP contribution in [0.15, 0.2) is 22.6 Å². The van der Waals surface area contributed by atoms with Crippen molar-refractivity contribution in [1.82, 2.24) is 21.3 Å². The molecule has 0 aromatic rings. The van der Waals surface area contributed by atoms with Crippen molar-refractivity contribution in [3.8, 4) is 0 Å². The minimum atomic E-state index is -0.417. The molecule has 10 heteroatoms. The molecule has 0 aliphatic heterocycles. The van der Waals surface area contributed by atoms with E-state index in [1.807, 2.05) is 13.8 Å². The van der Waals surface area contributed by atoms with E-state index in [2.05, 4.69) is 38.2 Å². The molecule has 0 saturated carbocycles. The highest BCUT2D eigenvalue weighted by atomic mass is 16.4. The summed E-state index contributed by atoms with van der Waals surface area (Å²) in [6.45, 7) is 13.1. The van der Waals surface area contributed by atoms with Crippen LogP contribution < -0.4 is 21.3 Å². The third-order valence-corrected chi connectivity index (χ3v) is 5.61. The van der Waals surface area contributed by atoms with E-state index in [-0.39, 0.29) is 11.8 Å². The molecule has 0 fully saturated rings. The molecule has 184 valence electrons. The maximum Gasteiger partial charge on any atom is 0.220 e. The SMILES string of the molecule is C=C(NCCC(CCNC(=O)CCCC(=O)NC)CCNC(C)(C)/C(C)=N\O)/C(C)=N\O. The average molecular weight is 455 g/mol. The van der Waals surface area contributed by atoms with E-state index < -0.39 is 5.54 Å². The number of nitrogens with one attached hydrogen (secondary N) is 4. The van der Waals surface area contributed by atoms with Gasteiger partial charge in [-0.25, -0.2) is 0 Å². The van der Waals surface area contributed by atoms with Crippen LogP contribution in [0.3, 0.4) is 0 Å². The van der Waals surface area contributed by atoms with Gasteiger partial charge in [0, 0.05) is 33.0 Å². The predicted octanol–water partition coefficient (Wildman–Crippen LogP) is 1.98. The smallest absolute Gasteiger partial charge is 0.220 e.